The second kappa shape index (κ2) is 9.24. The second-order valence-electron chi connectivity index (χ2n) is 6.22. The van der Waals surface area contributed by atoms with Gasteiger partial charge in [-0.3, -0.25) is 4.79 Å². The number of amides is 1. The van der Waals surface area contributed by atoms with E-state index in [0.717, 1.165) is 22.6 Å². The number of hydrogen-bond donors (Lipinski definition) is 1. The number of nitrogens with zero attached hydrogens (tertiary/aromatic N) is 1. The van der Waals surface area contributed by atoms with Crippen molar-refractivity contribution in [2.24, 2.45) is 0 Å². The van der Waals surface area contributed by atoms with Gasteiger partial charge >= 0.3 is 0 Å². The predicted octanol–water partition coefficient (Wildman–Crippen LogP) is 4.47. The van der Waals surface area contributed by atoms with Crippen LogP contribution >= 0.6 is 11.6 Å². The summed E-state index contributed by atoms with van der Waals surface area (Å²) in [5.41, 5.74) is 2.51. The molecule has 3 aromatic rings. The van der Waals surface area contributed by atoms with E-state index in [2.05, 4.69) is 10.3 Å². The first-order valence-corrected chi connectivity index (χ1v) is 9.16. The van der Waals surface area contributed by atoms with Crippen molar-refractivity contribution >= 4 is 17.5 Å². The maximum atomic E-state index is 12.7. The van der Waals surface area contributed by atoms with Crippen LogP contribution in [-0.4, -0.2) is 25.1 Å². The van der Waals surface area contributed by atoms with Crippen LogP contribution in [0.4, 0.5) is 0 Å². The predicted molar refractivity (Wildman–Crippen MR) is 109 cm³/mol. The molecule has 0 spiro atoms. The molecule has 0 radical (unpaired) electrons. The smallest absolute Gasteiger partial charge is 0.253 e. The minimum Gasteiger partial charge on any atom is -0.497 e. The minimum atomic E-state index is -0.220. The molecule has 28 heavy (non-hydrogen) atoms. The summed E-state index contributed by atoms with van der Waals surface area (Å²) in [6.45, 7) is 0. The number of pyridine rings is 1. The summed E-state index contributed by atoms with van der Waals surface area (Å²) in [5, 5.41) is 3.44. The van der Waals surface area contributed by atoms with Crippen LogP contribution < -0.4 is 14.8 Å². The van der Waals surface area contributed by atoms with Gasteiger partial charge < -0.3 is 14.8 Å². The number of halogens is 1. The van der Waals surface area contributed by atoms with E-state index in [-0.39, 0.29) is 11.9 Å². The summed E-state index contributed by atoms with van der Waals surface area (Å²) in [6, 6.07) is 18.5. The molecule has 1 heterocycles. The molecule has 5 nitrogen and oxygen atoms in total. The van der Waals surface area contributed by atoms with Crippen molar-refractivity contribution in [3.05, 3.63) is 88.7 Å². The van der Waals surface area contributed by atoms with Crippen molar-refractivity contribution in [3.8, 4) is 11.5 Å². The number of hydrogen-bond acceptors (Lipinski definition) is 4. The van der Waals surface area contributed by atoms with E-state index in [9.17, 15) is 4.79 Å². The summed E-state index contributed by atoms with van der Waals surface area (Å²) in [4.78, 5) is 16.7. The van der Waals surface area contributed by atoms with Gasteiger partial charge in [-0.25, -0.2) is 4.98 Å². The van der Waals surface area contributed by atoms with Gasteiger partial charge in [-0.2, -0.15) is 0 Å². The van der Waals surface area contributed by atoms with Crippen LogP contribution in [0, 0.1) is 0 Å². The summed E-state index contributed by atoms with van der Waals surface area (Å²) in [7, 11) is 3.26. The standard InChI is InChI=1S/C22H21ClN2O3/c1-27-18-8-3-15(4-9-18)13-20(16-5-10-19(28-2)11-6-16)25-22(26)17-7-12-21(23)24-14-17/h3-12,14,20H,13H2,1-2H3,(H,25,26). The van der Waals surface area contributed by atoms with Crippen molar-refractivity contribution in [2.45, 2.75) is 12.5 Å². The van der Waals surface area contributed by atoms with Gasteiger partial charge in [0.15, 0.2) is 0 Å². The zero-order valence-electron chi connectivity index (χ0n) is 15.7. The number of aromatic nitrogens is 1. The minimum absolute atomic E-state index is 0.210. The van der Waals surface area contributed by atoms with Gasteiger partial charge in [-0.15, -0.1) is 0 Å². The zero-order valence-corrected chi connectivity index (χ0v) is 16.4. The number of nitrogens with one attached hydrogen (secondary N) is 1. The highest BCUT2D eigenvalue weighted by atomic mass is 35.5. The van der Waals surface area contributed by atoms with Gasteiger partial charge in [0, 0.05) is 6.20 Å². The molecular weight excluding hydrogens is 376 g/mol. The van der Waals surface area contributed by atoms with Crippen molar-refractivity contribution in [2.75, 3.05) is 14.2 Å². The van der Waals surface area contributed by atoms with Crippen molar-refractivity contribution < 1.29 is 14.3 Å². The second-order valence-corrected chi connectivity index (χ2v) is 6.61. The normalized spacial score (nSPS) is 11.5. The largest absolute Gasteiger partial charge is 0.497 e. The first-order valence-electron chi connectivity index (χ1n) is 8.78. The van der Waals surface area contributed by atoms with E-state index in [1.165, 1.54) is 6.20 Å². The van der Waals surface area contributed by atoms with Crippen LogP contribution in [0.3, 0.4) is 0 Å². The molecule has 0 saturated carbocycles. The van der Waals surface area contributed by atoms with Crippen LogP contribution in [0.5, 0.6) is 11.5 Å². The quantitative estimate of drug-likeness (QED) is 0.599. The lowest BCUT2D eigenvalue weighted by Crippen LogP contribution is -2.30. The van der Waals surface area contributed by atoms with Crippen LogP contribution in [0.2, 0.25) is 5.15 Å². The lowest BCUT2D eigenvalue weighted by Gasteiger charge is -2.20. The maximum Gasteiger partial charge on any atom is 0.253 e. The van der Waals surface area contributed by atoms with E-state index in [0.29, 0.717) is 17.1 Å². The Balaban J connectivity index is 1.83. The zero-order chi connectivity index (χ0) is 19.9. The SMILES string of the molecule is COc1ccc(CC(NC(=O)c2ccc(Cl)nc2)c2ccc(OC)cc2)cc1. The molecule has 1 N–H and O–H groups in total. The van der Waals surface area contributed by atoms with Crippen LogP contribution in [-0.2, 0) is 6.42 Å². The molecule has 0 saturated heterocycles. The molecule has 1 unspecified atom stereocenters. The molecule has 0 fully saturated rings. The highest BCUT2D eigenvalue weighted by molar-refractivity contribution is 6.29. The Kier molecular flexibility index (Phi) is 6.50. The number of benzene rings is 2. The van der Waals surface area contributed by atoms with Crippen molar-refractivity contribution in [1.82, 2.24) is 10.3 Å². The molecule has 144 valence electrons. The third-order valence-electron chi connectivity index (χ3n) is 4.41. The summed E-state index contributed by atoms with van der Waals surface area (Å²) in [6.07, 6.45) is 2.10. The van der Waals surface area contributed by atoms with Gasteiger partial charge in [-0.1, -0.05) is 35.9 Å². The molecule has 3 rings (SSSR count). The molecule has 1 atom stereocenters. The van der Waals surface area contributed by atoms with Gasteiger partial charge in [0.2, 0.25) is 0 Å². The fraction of sp³-hybridized carbons (Fsp3) is 0.182. The van der Waals surface area contributed by atoms with Gasteiger partial charge in [0.1, 0.15) is 16.7 Å². The van der Waals surface area contributed by atoms with Crippen molar-refractivity contribution in [1.29, 1.82) is 0 Å². The monoisotopic (exact) mass is 396 g/mol. The lowest BCUT2D eigenvalue weighted by molar-refractivity contribution is 0.0936. The van der Waals surface area contributed by atoms with Crippen molar-refractivity contribution in [3.63, 3.8) is 0 Å². The van der Waals surface area contributed by atoms with Gasteiger partial charge in [0.05, 0.1) is 25.8 Å². The van der Waals surface area contributed by atoms with Crippen LogP contribution in [0.1, 0.15) is 27.5 Å². The number of methoxy groups -OCH3 is 2. The van der Waals surface area contributed by atoms with Crippen LogP contribution in [0.25, 0.3) is 0 Å². The number of ether oxygens (including phenoxy) is 2. The Labute approximate surface area is 169 Å². The highest BCUT2D eigenvalue weighted by Gasteiger charge is 2.17. The third kappa shape index (κ3) is 5.02. The average molecular weight is 397 g/mol. The fourth-order valence-electron chi connectivity index (χ4n) is 2.84. The highest BCUT2D eigenvalue weighted by Crippen LogP contribution is 2.23. The van der Waals surface area contributed by atoms with E-state index in [4.69, 9.17) is 21.1 Å². The fourth-order valence-corrected chi connectivity index (χ4v) is 2.95. The molecule has 2 aromatic carbocycles. The average Bonchev–Trinajstić information content (AvgIpc) is 2.74. The molecule has 1 amide bonds. The lowest BCUT2D eigenvalue weighted by atomic mass is 9.98. The Bertz CT molecular complexity index is 910. The van der Waals surface area contributed by atoms with E-state index >= 15 is 0 Å². The van der Waals surface area contributed by atoms with Gasteiger partial charge in [-0.05, 0) is 53.9 Å². The Hall–Kier alpha value is -3.05. The summed E-state index contributed by atoms with van der Waals surface area (Å²) in [5.74, 6) is 1.35. The molecule has 0 aliphatic heterocycles. The first-order chi connectivity index (χ1) is 13.6. The van der Waals surface area contributed by atoms with E-state index in [1.54, 1.807) is 26.4 Å². The third-order valence-corrected chi connectivity index (χ3v) is 4.64. The molecular formula is C22H21ClN2O3. The summed E-state index contributed by atoms with van der Waals surface area (Å²) < 4.78 is 10.4. The Morgan fingerprint density at radius 3 is 2.11 bits per heavy atom. The number of carbonyl (C=O) groups excluding carboxylic acids is 1. The molecule has 0 bridgehead atoms. The molecule has 1 aromatic heterocycles. The van der Waals surface area contributed by atoms with E-state index in [1.807, 2.05) is 48.5 Å². The van der Waals surface area contributed by atoms with Crippen LogP contribution in [0.15, 0.2) is 66.9 Å². The summed E-state index contributed by atoms with van der Waals surface area (Å²) >= 11 is 5.81. The van der Waals surface area contributed by atoms with E-state index < -0.39 is 0 Å². The molecule has 0 aliphatic carbocycles. The molecule has 0 aliphatic rings. The first kappa shape index (κ1) is 19.7. The molecule has 6 heteroatoms. The topological polar surface area (TPSA) is 60.5 Å². The number of carbonyl (C=O) groups is 1. The maximum absolute atomic E-state index is 12.7. The number of rotatable bonds is 7. The van der Waals surface area contributed by atoms with Gasteiger partial charge in [0.25, 0.3) is 5.91 Å². The Morgan fingerprint density at radius 2 is 1.57 bits per heavy atom. The Morgan fingerprint density at radius 1 is 0.964 bits per heavy atom.